The molecule has 118 valence electrons. The van der Waals surface area contributed by atoms with Crippen LogP contribution in [0.5, 0.6) is 5.75 Å². The molecule has 5 heteroatoms. The lowest BCUT2D eigenvalue weighted by Gasteiger charge is -2.26. The molecule has 1 N–H and O–H groups in total. The Morgan fingerprint density at radius 2 is 1.86 bits per heavy atom. The van der Waals surface area contributed by atoms with Gasteiger partial charge in [0.1, 0.15) is 5.75 Å². The number of hydrogen-bond donors (Lipinski definition) is 1. The van der Waals surface area contributed by atoms with E-state index in [-0.39, 0.29) is 6.10 Å². The fraction of sp³-hybridized carbons (Fsp3) is 0.471. The first-order chi connectivity index (χ1) is 10.6. The van der Waals surface area contributed by atoms with Gasteiger partial charge in [0.25, 0.3) is 0 Å². The van der Waals surface area contributed by atoms with E-state index in [9.17, 15) is 0 Å². The van der Waals surface area contributed by atoms with Gasteiger partial charge >= 0.3 is 0 Å². The van der Waals surface area contributed by atoms with Crippen LogP contribution in [-0.4, -0.2) is 37.3 Å². The molecule has 2 heterocycles. The van der Waals surface area contributed by atoms with Crippen molar-refractivity contribution in [1.29, 1.82) is 0 Å². The molecule has 0 spiro atoms. The summed E-state index contributed by atoms with van der Waals surface area (Å²) in [6, 6.07) is 8.25. The maximum atomic E-state index is 5.70. The molecule has 0 saturated carbocycles. The van der Waals surface area contributed by atoms with Crippen molar-refractivity contribution < 1.29 is 4.74 Å². The Morgan fingerprint density at radius 1 is 1.18 bits per heavy atom. The van der Waals surface area contributed by atoms with Crippen LogP contribution < -0.4 is 15.0 Å². The zero-order valence-corrected chi connectivity index (χ0v) is 14.2. The number of rotatable bonds is 4. The molecule has 1 aromatic carbocycles. The first-order valence-electron chi connectivity index (χ1n) is 7.83. The topological polar surface area (TPSA) is 37.4 Å². The molecule has 0 atom stereocenters. The van der Waals surface area contributed by atoms with Crippen molar-refractivity contribution in [1.82, 2.24) is 10.3 Å². The highest BCUT2D eigenvalue weighted by atomic mass is 32.1. The van der Waals surface area contributed by atoms with Crippen LogP contribution in [0, 0.1) is 6.92 Å². The van der Waals surface area contributed by atoms with Crippen LogP contribution in [0.4, 0.5) is 5.13 Å². The number of nitrogens with zero attached hydrogens (tertiary/aromatic N) is 2. The lowest BCUT2D eigenvalue weighted by molar-refractivity contribution is 0.242. The van der Waals surface area contributed by atoms with Crippen molar-refractivity contribution >= 4 is 16.5 Å². The van der Waals surface area contributed by atoms with Gasteiger partial charge < -0.3 is 15.0 Å². The van der Waals surface area contributed by atoms with Crippen molar-refractivity contribution in [3.05, 3.63) is 29.1 Å². The number of aromatic nitrogens is 1. The monoisotopic (exact) mass is 317 g/mol. The van der Waals surface area contributed by atoms with Gasteiger partial charge in [-0.05, 0) is 45.0 Å². The Kier molecular flexibility index (Phi) is 4.64. The largest absolute Gasteiger partial charge is 0.491 e. The van der Waals surface area contributed by atoms with Crippen LogP contribution in [0.3, 0.4) is 0 Å². The molecule has 1 aliphatic rings. The second-order valence-corrected chi connectivity index (χ2v) is 7.01. The van der Waals surface area contributed by atoms with Crippen molar-refractivity contribution in [2.75, 3.05) is 31.1 Å². The second-order valence-electron chi connectivity index (χ2n) is 5.83. The predicted octanol–water partition coefficient (Wildman–Crippen LogP) is 3.32. The first-order valence-corrected chi connectivity index (χ1v) is 8.65. The van der Waals surface area contributed by atoms with E-state index in [1.54, 1.807) is 11.3 Å². The van der Waals surface area contributed by atoms with Gasteiger partial charge in [-0.3, -0.25) is 0 Å². The fourth-order valence-corrected chi connectivity index (χ4v) is 3.59. The zero-order chi connectivity index (χ0) is 15.5. The minimum absolute atomic E-state index is 0.200. The molecule has 0 radical (unpaired) electrons. The molecule has 0 aliphatic carbocycles. The van der Waals surface area contributed by atoms with Crippen LogP contribution in [0.25, 0.3) is 11.3 Å². The standard InChI is InChI=1S/C17H23N3OS/c1-12(2)21-15-6-4-14(5-7-15)16-13(3)22-17(19-16)20-10-8-18-9-11-20/h4-7,12,18H,8-11H2,1-3H3. The van der Waals surface area contributed by atoms with Gasteiger partial charge in [0.2, 0.25) is 0 Å². The lowest BCUT2D eigenvalue weighted by atomic mass is 10.1. The van der Waals surface area contributed by atoms with Gasteiger partial charge in [0, 0.05) is 36.6 Å². The molecular weight excluding hydrogens is 294 g/mol. The van der Waals surface area contributed by atoms with Gasteiger partial charge in [-0.15, -0.1) is 11.3 Å². The van der Waals surface area contributed by atoms with Crippen LogP contribution in [-0.2, 0) is 0 Å². The summed E-state index contributed by atoms with van der Waals surface area (Å²) < 4.78 is 5.70. The third kappa shape index (κ3) is 3.42. The van der Waals surface area contributed by atoms with E-state index in [1.807, 2.05) is 26.0 Å². The summed E-state index contributed by atoms with van der Waals surface area (Å²) in [5, 5.41) is 4.52. The maximum absolute atomic E-state index is 5.70. The number of piperazine rings is 1. The highest BCUT2D eigenvalue weighted by molar-refractivity contribution is 7.16. The number of thiazole rings is 1. The van der Waals surface area contributed by atoms with E-state index in [2.05, 4.69) is 29.3 Å². The van der Waals surface area contributed by atoms with E-state index in [0.717, 1.165) is 48.3 Å². The number of anilines is 1. The number of ether oxygens (including phenoxy) is 1. The van der Waals surface area contributed by atoms with Crippen LogP contribution in [0.15, 0.2) is 24.3 Å². The Bertz CT molecular complexity index is 615. The Balaban J connectivity index is 1.80. The molecule has 4 nitrogen and oxygen atoms in total. The van der Waals surface area contributed by atoms with Crippen molar-refractivity contribution in [2.45, 2.75) is 26.9 Å². The molecule has 0 unspecified atom stereocenters. The first kappa shape index (κ1) is 15.3. The Hall–Kier alpha value is -1.59. The Morgan fingerprint density at radius 3 is 2.50 bits per heavy atom. The minimum Gasteiger partial charge on any atom is -0.491 e. The fourth-order valence-electron chi connectivity index (χ4n) is 2.61. The molecule has 1 saturated heterocycles. The highest BCUT2D eigenvalue weighted by Crippen LogP contribution is 2.33. The summed E-state index contributed by atoms with van der Waals surface area (Å²) in [5.41, 5.74) is 2.25. The van der Waals surface area contributed by atoms with E-state index >= 15 is 0 Å². The normalized spacial score (nSPS) is 15.4. The van der Waals surface area contributed by atoms with Crippen molar-refractivity contribution in [3.8, 4) is 17.0 Å². The number of aryl methyl sites for hydroxylation is 1. The number of benzene rings is 1. The molecule has 1 fully saturated rings. The summed E-state index contributed by atoms with van der Waals surface area (Å²) in [7, 11) is 0. The minimum atomic E-state index is 0.200. The van der Waals surface area contributed by atoms with Crippen LogP contribution in [0.1, 0.15) is 18.7 Å². The molecule has 22 heavy (non-hydrogen) atoms. The molecule has 2 aromatic rings. The predicted molar refractivity (Wildman–Crippen MR) is 93.1 cm³/mol. The zero-order valence-electron chi connectivity index (χ0n) is 13.4. The van der Waals surface area contributed by atoms with Gasteiger partial charge in [-0.1, -0.05) is 0 Å². The molecule has 1 aromatic heterocycles. The second kappa shape index (κ2) is 6.67. The van der Waals surface area contributed by atoms with Gasteiger partial charge in [0.05, 0.1) is 11.8 Å². The van der Waals surface area contributed by atoms with E-state index in [0.29, 0.717) is 0 Å². The van der Waals surface area contributed by atoms with Gasteiger partial charge in [0.15, 0.2) is 5.13 Å². The van der Waals surface area contributed by atoms with E-state index < -0.39 is 0 Å². The Labute approximate surface area is 136 Å². The lowest BCUT2D eigenvalue weighted by Crippen LogP contribution is -2.43. The quantitative estimate of drug-likeness (QED) is 0.939. The van der Waals surface area contributed by atoms with Crippen molar-refractivity contribution in [3.63, 3.8) is 0 Å². The van der Waals surface area contributed by atoms with E-state index in [4.69, 9.17) is 9.72 Å². The summed E-state index contributed by atoms with van der Waals surface area (Å²) in [5.74, 6) is 0.911. The third-order valence-electron chi connectivity index (χ3n) is 3.67. The number of hydrogen-bond acceptors (Lipinski definition) is 5. The average Bonchev–Trinajstić information content (AvgIpc) is 2.90. The number of nitrogens with one attached hydrogen (secondary N) is 1. The molecule has 3 rings (SSSR count). The van der Waals surface area contributed by atoms with Crippen molar-refractivity contribution in [2.24, 2.45) is 0 Å². The molecule has 1 aliphatic heterocycles. The van der Waals surface area contributed by atoms with Crippen LogP contribution >= 0.6 is 11.3 Å². The third-order valence-corrected chi connectivity index (χ3v) is 4.70. The summed E-state index contributed by atoms with van der Waals surface area (Å²) in [4.78, 5) is 8.51. The van der Waals surface area contributed by atoms with Gasteiger partial charge in [-0.25, -0.2) is 4.98 Å². The summed E-state index contributed by atoms with van der Waals surface area (Å²) >= 11 is 1.79. The average molecular weight is 317 g/mol. The maximum Gasteiger partial charge on any atom is 0.186 e. The highest BCUT2D eigenvalue weighted by Gasteiger charge is 2.17. The van der Waals surface area contributed by atoms with Gasteiger partial charge in [-0.2, -0.15) is 0 Å². The van der Waals surface area contributed by atoms with Crippen LogP contribution in [0.2, 0.25) is 0 Å². The molecular formula is C17H23N3OS. The summed E-state index contributed by atoms with van der Waals surface area (Å²) in [6.45, 7) is 10.4. The SMILES string of the molecule is Cc1sc(N2CCNCC2)nc1-c1ccc(OC(C)C)cc1. The van der Waals surface area contributed by atoms with E-state index in [1.165, 1.54) is 4.88 Å². The smallest absolute Gasteiger partial charge is 0.186 e. The summed E-state index contributed by atoms with van der Waals surface area (Å²) in [6.07, 6.45) is 0.200. The molecule has 0 amide bonds. The molecule has 0 bridgehead atoms.